The molecule has 1 aromatic carbocycles. The minimum Gasteiger partial charge on any atom is -0.380 e. The van der Waals surface area contributed by atoms with Gasteiger partial charge in [0.15, 0.2) is 0 Å². The van der Waals surface area contributed by atoms with Crippen molar-refractivity contribution in [2.24, 2.45) is 5.92 Å². The lowest BCUT2D eigenvalue weighted by atomic mass is 10.2. The van der Waals surface area contributed by atoms with E-state index in [4.69, 9.17) is 4.74 Å². The first-order valence-corrected chi connectivity index (χ1v) is 12.2. The van der Waals surface area contributed by atoms with Gasteiger partial charge in [0.25, 0.3) is 0 Å². The first-order chi connectivity index (χ1) is 13.5. The van der Waals surface area contributed by atoms with Gasteiger partial charge in [0.1, 0.15) is 0 Å². The van der Waals surface area contributed by atoms with E-state index in [0.717, 1.165) is 45.1 Å². The summed E-state index contributed by atoms with van der Waals surface area (Å²) >= 11 is 6.48. The van der Waals surface area contributed by atoms with Gasteiger partial charge in [-0.15, -0.1) is 11.8 Å². The van der Waals surface area contributed by atoms with E-state index >= 15 is 0 Å². The van der Waals surface area contributed by atoms with E-state index < -0.39 is 0 Å². The SMILES string of the molecule is CC(C)COCCN1CCN(CC[C@H](CSc2ccccc2)NC(C)S)CC1. The summed E-state index contributed by atoms with van der Waals surface area (Å²) in [5.41, 5.74) is 0. The number of benzene rings is 1. The van der Waals surface area contributed by atoms with E-state index in [1.54, 1.807) is 0 Å². The van der Waals surface area contributed by atoms with Gasteiger partial charge in [-0.2, -0.15) is 12.6 Å². The molecule has 0 spiro atoms. The fourth-order valence-electron chi connectivity index (χ4n) is 3.36. The molecule has 0 saturated carbocycles. The lowest BCUT2D eigenvalue weighted by Crippen LogP contribution is -2.48. The van der Waals surface area contributed by atoms with Crippen molar-refractivity contribution >= 4 is 24.4 Å². The Morgan fingerprint density at radius 3 is 2.29 bits per heavy atom. The van der Waals surface area contributed by atoms with E-state index in [0.29, 0.717) is 12.0 Å². The second-order valence-corrected chi connectivity index (χ2v) is 9.97. The van der Waals surface area contributed by atoms with Gasteiger partial charge in [-0.1, -0.05) is 32.0 Å². The predicted octanol–water partition coefficient (Wildman–Crippen LogP) is 3.69. The smallest absolute Gasteiger partial charge is 0.0593 e. The molecule has 1 aliphatic heterocycles. The Kier molecular flexibility index (Phi) is 11.9. The van der Waals surface area contributed by atoms with Crippen molar-refractivity contribution in [2.75, 3.05) is 58.2 Å². The Morgan fingerprint density at radius 1 is 1.04 bits per heavy atom. The maximum atomic E-state index is 5.73. The van der Waals surface area contributed by atoms with Crippen molar-refractivity contribution in [2.45, 2.75) is 43.5 Å². The van der Waals surface area contributed by atoms with Gasteiger partial charge in [0.2, 0.25) is 0 Å². The number of nitrogens with zero attached hydrogens (tertiary/aromatic N) is 2. The van der Waals surface area contributed by atoms with Crippen LogP contribution in [0.1, 0.15) is 27.2 Å². The van der Waals surface area contributed by atoms with Crippen LogP contribution >= 0.6 is 24.4 Å². The van der Waals surface area contributed by atoms with Gasteiger partial charge in [-0.3, -0.25) is 4.90 Å². The van der Waals surface area contributed by atoms with Gasteiger partial charge in [-0.25, -0.2) is 0 Å². The minimum absolute atomic E-state index is 0.226. The highest BCUT2D eigenvalue weighted by Gasteiger charge is 2.18. The molecule has 1 saturated heterocycles. The third-order valence-corrected chi connectivity index (χ3v) is 6.26. The molecule has 0 radical (unpaired) electrons. The van der Waals surface area contributed by atoms with E-state index in [-0.39, 0.29) is 5.37 Å². The molecule has 0 bridgehead atoms. The van der Waals surface area contributed by atoms with Crippen molar-refractivity contribution in [1.82, 2.24) is 15.1 Å². The van der Waals surface area contributed by atoms with Crippen molar-refractivity contribution in [3.8, 4) is 0 Å². The Balaban J connectivity index is 1.64. The third-order valence-electron chi connectivity index (χ3n) is 4.93. The van der Waals surface area contributed by atoms with Crippen LogP contribution in [-0.2, 0) is 4.74 Å². The van der Waals surface area contributed by atoms with Gasteiger partial charge in [0, 0.05) is 61.4 Å². The Labute approximate surface area is 182 Å². The van der Waals surface area contributed by atoms with E-state index in [1.807, 2.05) is 11.8 Å². The number of nitrogens with one attached hydrogen (secondary N) is 1. The van der Waals surface area contributed by atoms with Crippen molar-refractivity contribution in [3.63, 3.8) is 0 Å². The summed E-state index contributed by atoms with van der Waals surface area (Å²) in [4.78, 5) is 6.49. The van der Waals surface area contributed by atoms with Crippen LogP contribution in [0.25, 0.3) is 0 Å². The number of ether oxygens (including phenoxy) is 1. The molecule has 6 heteroatoms. The largest absolute Gasteiger partial charge is 0.380 e. The average Bonchev–Trinajstić information content (AvgIpc) is 2.68. The zero-order chi connectivity index (χ0) is 20.2. The van der Waals surface area contributed by atoms with Crippen LogP contribution < -0.4 is 5.32 Å². The van der Waals surface area contributed by atoms with Crippen LogP contribution in [0.15, 0.2) is 35.2 Å². The lowest BCUT2D eigenvalue weighted by Gasteiger charge is -2.35. The average molecular weight is 426 g/mol. The molecule has 0 aromatic heterocycles. The molecule has 1 aliphatic rings. The van der Waals surface area contributed by atoms with Crippen LogP contribution in [0.5, 0.6) is 0 Å². The van der Waals surface area contributed by atoms with Crippen LogP contribution in [-0.4, -0.2) is 79.5 Å². The minimum atomic E-state index is 0.226. The molecule has 0 amide bonds. The molecule has 1 fully saturated rings. The molecule has 2 atom stereocenters. The quantitative estimate of drug-likeness (QED) is 0.218. The predicted molar refractivity (Wildman–Crippen MR) is 126 cm³/mol. The van der Waals surface area contributed by atoms with E-state index in [9.17, 15) is 0 Å². The first kappa shape index (κ1) is 24.0. The highest BCUT2D eigenvalue weighted by molar-refractivity contribution is 7.99. The summed E-state index contributed by atoms with van der Waals surface area (Å²) in [7, 11) is 0. The second-order valence-electron chi connectivity index (χ2n) is 8.10. The number of rotatable bonds is 13. The molecule has 160 valence electrons. The molecule has 4 nitrogen and oxygen atoms in total. The molecule has 28 heavy (non-hydrogen) atoms. The highest BCUT2D eigenvalue weighted by Crippen LogP contribution is 2.19. The summed E-state index contributed by atoms with van der Waals surface area (Å²) < 4.78 is 5.73. The highest BCUT2D eigenvalue weighted by atomic mass is 32.2. The standard InChI is InChI=1S/C22H39N3OS2/c1-19(2)17-26-16-15-25-13-11-24(12-14-25)10-9-21(23-20(3)27)18-28-22-7-5-4-6-8-22/h4-8,19-21,23,27H,9-18H2,1-3H3/t20?,21-/m1/s1. The molecule has 1 heterocycles. The Morgan fingerprint density at radius 2 is 1.68 bits per heavy atom. The Hall–Kier alpha value is -0.240. The van der Waals surface area contributed by atoms with Crippen molar-refractivity contribution in [3.05, 3.63) is 30.3 Å². The first-order valence-electron chi connectivity index (χ1n) is 10.7. The third kappa shape index (κ3) is 10.5. The topological polar surface area (TPSA) is 27.7 Å². The number of piperazine rings is 1. The number of thiol groups is 1. The van der Waals surface area contributed by atoms with Crippen molar-refractivity contribution < 1.29 is 4.74 Å². The fourth-order valence-corrected chi connectivity index (χ4v) is 4.57. The Bertz CT molecular complexity index is 508. The van der Waals surface area contributed by atoms with Crippen LogP contribution in [0.4, 0.5) is 0 Å². The van der Waals surface area contributed by atoms with E-state index in [2.05, 4.69) is 78.8 Å². The zero-order valence-electron chi connectivity index (χ0n) is 17.8. The molecule has 0 aliphatic carbocycles. The maximum Gasteiger partial charge on any atom is 0.0593 e. The second kappa shape index (κ2) is 13.9. The van der Waals surface area contributed by atoms with Crippen LogP contribution in [0.3, 0.4) is 0 Å². The zero-order valence-corrected chi connectivity index (χ0v) is 19.6. The molecule has 1 N–H and O–H groups in total. The fraction of sp³-hybridized carbons (Fsp3) is 0.727. The molecular formula is C22H39N3OS2. The van der Waals surface area contributed by atoms with Crippen LogP contribution in [0, 0.1) is 5.92 Å². The summed E-state index contributed by atoms with van der Waals surface area (Å²) in [5.74, 6) is 1.71. The van der Waals surface area contributed by atoms with Gasteiger partial charge >= 0.3 is 0 Å². The number of hydrogen-bond donors (Lipinski definition) is 2. The summed E-state index contributed by atoms with van der Waals surface area (Å²) in [6.45, 7) is 15.1. The maximum absolute atomic E-state index is 5.73. The monoisotopic (exact) mass is 425 g/mol. The summed E-state index contributed by atoms with van der Waals surface area (Å²) in [6, 6.07) is 11.2. The van der Waals surface area contributed by atoms with Gasteiger partial charge in [0.05, 0.1) is 6.61 Å². The number of hydrogen-bond acceptors (Lipinski definition) is 6. The lowest BCUT2D eigenvalue weighted by molar-refractivity contribution is 0.0638. The molecule has 1 unspecified atom stereocenters. The normalized spacial score (nSPS) is 18.5. The summed E-state index contributed by atoms with van der Waals surface area (Å²) in [5, 5.41) is 3.86. The molecule has 2 rings (SSSR count). The van der Waals surface area contributed by atoms with E-state index in [1.165, 1.54) is 24.4 Å². The van der Waals surface area contributed by atoms with Gasteiger partial charge in [-0.05, 0) is 37.9 Å². The molecular weight excluding hydrogens is 386 g/mol. The number of thioether (sulfide) groups is 1. The van der Waals surface area contributed by atoms with Crippen LogP contribution in [0.2, 0.25) is 0 Å². The summed E-state index contributed by atoms with van der Waals surface area (Å²) in [6.07, 6.45) is 1.17. The van der Waals surface area contributed by atoms with Gasteiger partial charge < -0.3 is 15.0 Å². The molecule has 1 aromatic rings. The van der Waals surface area contributed by atoms with Crippen molar-refractivity contribution in [1.29, 1.82) is 0 Å².